The third-order valence-corrected chi connectivity index (χ3v) is 4.43. The van der Waals surface area contributed by atoms with Gasteiger partial charge in [-0.05, 0) is 51.5 Å². The summed E-state index contributed by atoms with van der Waals surface area (Å²) in [6, 6.07) is 7.73. The van der Waals surface area contributed by atoms with E-state index in [1.165, 1.54) is 13.3 Å². The van der Waals surface area contributed by atoms with Crippen molar-refractivity contribution in [3.05, 3.63) is 24.3 Å². The van der Waals surface area contributed by atoms with Crippen LogP contribution in [0.2, 0.25) is 0 Å². The number of nitrogens with one attached hydrogen (secondary N) is 3. The fraction of sp³-hybridized carbons (Fsp3) is 0.619. The van der Waals surface area contributed by atoms with Crippen LogP contribution in [-0.2, 0) is 4.79 Å². The lowest BCUT2D eigenvalue weighted by Gasteiger charge is -2.21. The highest BCUT2D eigenvalue weighted by molar-refractivity contribution is 5.88. The minimum Gasteiger partial charge on any atom is -0.492 e. The molecule has 0 spiro atoms. The summed E-state index contributed by atoms with van der Waals surface area (Å²) in [7, 11) is 1.77. The van der Waals surface area contributed by atoms with Crippen LogP contribution in [0.3, 0.4) is 0 Å². The topological polar surface area (TPSA) is 78.0 Å². The standard InChI is InChI=1S/C21H37N5O2/c1-6-26(7-2)14-9-10-17(3)24-21(22-5)23-13-15-28-20-12-8-11-19(16-20)25-18(4)27/h8,11-12,16-17H,6-7,9-10,13-15H2,1-5H3,(H,25,27)(H2,22,23,24). The van der Waals surface area contributed by atoms with E-state index in [-0.39, 0.29) is 5.91 Å². The van der Waals surface area contributed by atoms with Crippen molar-refractivity contribution < 1.29 is 9.53 Å². The van der Waals surface area contributed by atoms with Crippen LogP contribution in [-0.4, -0.2) is 62.6 Å². The Morgan fingerprint density at radius 2 is 2.04 bits per heavy atom. The van der Waals surface area contributed by atoms with Gasteiger partial charge in [0.15, 0.2) is 5.96 Å². The van der Waals surface area contributed by atoms with Crippen molar-refractivity contribution in [2.45, 2.75) is 46.6 Å². The lowest BCUT2D eigenvalue weighted by molar-refractivity contribution is -0.114. The van der Waals surface area contributed by atoms with Crippen molar-refractivity contribution in [2.24, 2.45) is 4.99 Å². The van der Waals surface area contributed by atoms with Gasteiger partial charge in [0.2, 0.25) is 5.91 Å². The van der Waals surface area contributed by atoms with Crippen LogP contribution in [0.25, 0.3) is 0 Å². The van der Waals surface area contributed by atoms with E-state index in [9.17, 15) is 4.79 Å². The normalized spacial score (nSPS) is 12.6. The van der Waals surface area contributed by atoms with Gasteiger partial charge >= 0.3 is 0 Å². The lowest BCUT2D eigenvalue weighted by Crippen LogP contribution is -2.43. The molecule has 28 heavy (non-hydrogen) atoms. The molecule has 0 aromatic heterocycles. The molecule has 0 aliphatic carbocycles. The number of anilines is 1. The number of ether oxygens (including phenoxy) is 1. The first kappa shape index (κ1) is 23.8. The van der Waals surface area contributed by atoms with Gasteiger partial charge in [-0.3, -0.25) is 9.79 Å². The molecule has 0 saturated carbocycles. The second-order valence-electron chi connectivity index (χ2n) is 6.77. The van der Waals surface area contributed by atoms with Crippen LogP contribution in [0.1, 0.15) is 40.5 Å². The number of rotatable bonds is 12. The number of hydrogen-bond acceptors (Lipinski definition) is 4. The Balaban J connectivity index is 2.28. The highest BCUT2D eigenvalue weighted by Gasteiger charge is 2.06. The molecule has 0 aliphatic heterocycles. The fourth-order valence-corrected chi connectivity index (χ4v) is 2.87. The summed E-state index contributed by atoms with van der Waals surface area (Å²) in [5.74, 6) is 1.41. The first-order valence-electron chi connectivity index (χ1n) is 10.2. The quantitative estimate of drug-likeness (QED) is 0.290. The molecule has 0 fully saturated rings. The van der Waals surface area contributed by atoms with Gasteiger partial charge in [0.1, 0.15) is 12.4 Å². The molecule has 7 nitrogen and oxygen atoms in total. The monoisotopic (exact) mass is 391 g/mol. The maximum atomic E-state index is 11.1. The Bertz CT molecular complexity index is 602. The van der Waals surface area contributed by atoms with Crippen LogP contribution in [0.15, 0.2) is 29.3 Å². The minimum absolute atomic E-state index is 0.0973. The molecule has 1 unspecified atom stereocenters. The molecule has 0 bridgehead atoms. The van der Waals surface area contributed by atoms with Crippen molar-refractivity contribution in [1.29, 1.82) is 0 Å². The summed E-state index contributed by atoms with van der Waals surface area (Å²) < 4.78 is 5.74. The zero-order chi connectivity index (χ0) is 20.8. The van der Waals surface area contributed by atoms with Gasteiger partial charge in [-0.1, -0.05) is 19.9 Å². The van der Waals surface area contributed by atoms with Crippen LogP contribution < -0.4 is 20.7 Å². The predicted octanol–water partition coefficient (Wildman–Crippen LogP) is 2.70. The molecule has 0 heterocycles. The van der Waals surface area contributed by atoms with Gasteiger partial charge in [0.25, 0.3) is 0 Å². The molecular formula is C21H37N5O2. The highest BCUT2D eigenvalue weighted by Crippen LogP contribution is 2.17. The molecular weight excluding hydrogens is 354 g/mol. The smallest absolute Gasteiger partial charge is 0.221 e. The zero-order valence-electron chi connectivity index (χ0n) is 18.0. The maximum Gasteiger partial charge on any atom is 0.221 e. The lowest BCUT2D eigenvalue weighted by atomic mass is 10.2. The number of hydrogen-bond donors (Lipinski definition) is 3. The fourth-order valence-electron chi connectivity index (χ4n) is 2.87. The van der Waals surface area contributed by atoms with Crippen molar-refractivity contribution in [3.63, 3.8) is 0 Å². The molecule has 1 aromatic carbocycles. The summed E-state index contributed by atoms with van der Waals surface area (Å²) >= 11 is 0. The molecule has 1 aromatic rings. The van der Waals surface area contributed by atoms with Gasteiger partial charge in [0, 0.05) is 31.8 Å². The van der Waals surface area contributed by atoms with E-state index in [0.29, 0.717) is 19.2 Å². The number of carbonyl (C=O) groups is 1. The van der Waals surface area contributed by atoms with E-state index in [1.807, 2.05) is 24.3 Å². The molecule has 1 amide bonds. The van der Waals surface area contributed by atoms with Crippen LogP contribution in [0.5, 0.6) is 5.75 Å². The number of benzene rings is 1. The molecule has 0 aliphatic rings. The number of guanidine groups is 1. The van der Waals surface area contributed by atoms with E-state index >= 15 is 0 Å². The summed E-state index contributed by atoms with van der Waals surface area (Å²) in [6.45, 7) is 12.6. The number of aliphatic imine (C=N–C) groups is 1. The molecule has 0 saturated heterocycles. The van der Waals surface area contributed by atoms with Gasteiger partial charge < -0.3 is 25.6 Å². The molecule has 1 atom stereocenters. The molecule has 0 radical (unpaired) electrons. The Morgan fingerprint density at radius 3 is 2.68 bits per heavy atom. The summed E-state index contributed by atoms with van der Waals surface area (Å²) in [6.07, 6.45) is 2.27. The third kappa shape index (κ3) is 10.2. The Kier molecular flexibility index (Phi) is 11.7. The van der Waals surface area contributed by atoms with Crippen molar-refractivity contribution in [1.82, 2.24) is 15.5 Å². The van der Waals surface area contributed by atoms with Gasteiger partial charge in [-0.25, -0.2) is 0 Å². The summed E-state index contributed by atoms with van der Waals surface area (Å²) in [4.78, 5) is 17.8. The average Bonchev–Trinajstić information content (AvgIpc) is 2.67. The second kappa shape index (κ2) is 13.8. The number of amides is 1. The predicted molar refractivity (Wildman–Crippen MR) is 117 cm³/mol. The SMILES string of the molecule is CCN(CC)CCCC(C)NC(=NC)NCCOc1cccc(NC(C)=O)c1. The maximum absolute atomic E-state index is 11.1. The van der Waals surface area contributed by atoms with E-state index in [0.717, 1.165) is 43.5 Å². The van der Waals surface area contributed by atoms with Gasteiger partial charge in [0.05, 0.1) is 6.54 Å². The zero-order valence-corrected chi connectivity index (χ0v) is 18.0. The van der Waals surface area contributed by atoms with E-state index < -0.39 is 0 Å². The van der Waals surface area contributed by atoms with Gasteiger partial charge in [-0.2, -0.15) is 0 Å². The Morgan fingerprint density at radius 1 is 1.29 bits per heavy atom. The van der Waals surface area contributed by atoms with Crippen molar-refractivity contribution >= 4 is 17.6 Å². The van der Waals surface area contributed by atoms with Crippen LogP contribution in [0.4, 0.5) is 5.69 Å². The largest absolute Gasteiger partial charge is 0.492 e. The number of carbonyl (C=O) groups excluding carboxylic acids is 1. The number of nitrogens with zero attached hydrogens (tertiary/aromatic N) is 2. The molecule has 7 heteroatoms. The Labute approximate surface area is 169 Å². The summed E-state index contributed by atoms with van der Waals surface area (Å²) in [5, 5.41) is 9.44. The first-order chi connectivity index (χ1) is 13.5. The van der Waals surface area contributed by atoms with E-state index in [2.05, 4.69) is 46.6 Å². The molecule has 1 rings (SSSR count). The minimum atomic E-state index is -0.0973. The van der Waals surface area contributed by atoms with Crippen LogP contribution in [0, 0.1) is 0 Å². The van der Waals surface area contributed by atoms with Gasteiger partial charge in [-0.15, -0.1) is 0 Å². The van der Waals surface area contributed by atoms with Crippen molar-refractivity contribution in [3.8, 4) is 5.75 Å². The highest BCUT2D eigenvalue weighted by atomic mass is 16.5. The summed E-state index contributed by atoms with van der Waals surface area (Å²) in [5.41, 5.74) is 0.731. The van der Waals surface area contributed by atoms with E-state index in [1.54, 1.807) is 7.05 Å². The second-order valence-corrected chi connectivity index (χ2v) is 6.77. The van der Waals surface area contributed by atoms with E-state index in [4.69, 9.17) is 4.74 Å². The van der Waals surface area contributed by atoms with Crippen molar-refractivity contribution in [2.75, 3.05) is 45.2 Å². The molecule has 3 N–H and O–H groups in total. The first-order valence-corrected chi connectivity index (χ1v) is 10.2. The average molecular weight is 392 g/mol. The molecule has 158 valence electrons. The Hall–Kier alpha value is -2.28. The van der Waals surface area contributed by atoms with Crippen LogP contribution >= 0.6 is 0 Å². The third-order valence-electron chi connectivity index (χ3n) is 4.43.